The van der Waals surface area contributed by atoms with E-state index in [2.05, 4.69) is 5.32 Å². The number of nitrogens with two attached hydrogens (primary N) is 1. The summed E-state index contributed by atoms with van der Waals surface area (Å²) in [5, 5.41) is 2.61. The summed E-state index contributed by atoms with van der Waals surface area (Å²) in [6, 6.07) is 1.81. The highest BCUT2D eigenvalue weighted by Crippen LogP contribution is 2.17. The normalized spacial score (nSPS) is 12.2. The van der Waals surface area contributed by atoms with Gasteiger partial charge in [0.25, 0.3) is 5.91 Å². The molecule has 0 saturated heterocycles. The summed E-state index contributed by atoms with van der Waals surface area (Å²) in [5.41, 5.74) is 4.46. The molecule has 3 N–H and O–H groups in total. The zero-order chi connectivity index (χ0) is 12.3. The van der Waals surface area contributed by atoms with Crippen molar-refractivity contribution in [1.82, 2.24) is 5.32 Å². The van der Waals surface area contributed by atoms with Crippen molar-refractivity contribution >= 4 is 11.6 Å². The van der Waals surface area contributed by atoms with E-state index in [9.17, 15) is 13.6 Å². The highest BCUT2D eigenvalue weighted by Gasteiger charge is 2.14. The highest BCUT2D eigenvalue weighted by atomic mass is 19.1. The molecule has 1 aromatic carbocycles. The van der Waals surface area contributed by atoms with Gasteiger partial charge in [-0.3, -0.25) is 4.79 Å². The lowest BCUT2D eigenvalue weighted by Crippen LogP contribution is -2.32. The molecule has 1 atom stereocenters. The number of benzene rings is 1. The summed E-state index contributed by atoms with van der Waals surface area (Å²) in [6.45, 7) is 3.71. The van der Waals surface area contributed by atoms with Crippen LogP contribution in [0.4, 0.5) is 14.5 Å². The molecule has 0 radical (unpaired) electrons. The van der Waals surface area contributed by atoms with Gasteiger partial charge in [-0.05, 0) is 25.5 Å². The van der Waals surface area contributed by atoms with Crippen LogP contribution in [0.25, 0.3) is 0 Å². The van der Waals surface area contributed by atoms with Crippen molar-refractivity contribution in [3.05, 3.63) is 29.3 Å². The molecule has 1 aromatic rings. The van der Waals surface area contributed by atoms with E-state index < -0.39 is 23.2 Å². The van der Waals surface area contributed by atoms with E-state index in [-0.39, 0.29) is 11.6 Å². The summed E-state index contributed by atoms with van der Waals surface area (Å²) >= 11 is 0. The molecule has 0 aliphatic carbocycles. The number of amides is 1. The smallest absolute Gasteiger partial charge is 0.251 e. The molecule has 0 saturated carbocycles. The van der Waals surface area contributed by atoms with Gasteiger partial charge in [-0.15, -0.1) is 0 Å². The van der Waals surface area contributed by atoms with Gasteiger partial charge in [-0.2, -0.15) is 0 Å². The molecule has 88 valence electrons. The van der Waals surface area contributed by atoms with E-state index in [1.165, 1.54) is 0 Å². The second-order valence-electron chi connectivity index (χ2n) is 3.64. The van der Waals surface area contributed by atoms with Crippen LogP contribution in [-0.4, -0.2) is 11.9 Å². The third kappa shape index (κ3) is 2.68. The average molecular weight is 228 g/mol. The van der Waals surface area contributed by atoms with Gasteiger partial charge in [0, 0.05) is 11.6 Å². The summed E-state index contributed by atoms with van der Waals surface area (Å²) in [7, 11) is 0. The van der Waals surface area contributed by atoms with Gasteiger partial charge in [0.1, 0.15) is 17.3 Å². The number of hydrogen-bond donors (Lipinski definition) is 2. The van der Waals surface area contributed by atoms with E-state index in [1.807, 2.05) is 13.8 Å². The number of carbonyl (C=O) groups is 1. The van der Waals surface area contributed by atoms with E-state index in [4.69, 9.17) is 5.73 Å². The molecule has 1 amide bonds. The van der Waals surface area contributed by atoms with Crippen LogP contribution in [0.3, 0.4) is 0 Å². The molecule has 0 spiro atoms. The first-order valence-corrected chi connectivity index (χ1v) is 5.01. The molecule has 0 aliphatic rings. The zero-order valence-corrected chi connectivity index (χ0v) is 9.18. The third-order valence-corrected chi connectivity index (χ3v) is 2.33. The van der Waals surface area contributed by atoms with Gasteiger partial charge in [-0.25, -0.2) is 8.78 Å². The second kappa shape index (κ2) is 4.92. The van der Waals surface area contributed by atoms with Crippen molar-refractivity contribution in [3.8, 4) is 0 Å². The van der Waals surface area contributed by atoms with E-state index in [1.54, 1.807) is 0 Å². The van der Waals surface area contributed by atoms with Gasteiger partial charge in [0.2, 0.25) is 0 Å². The van der Waals surface area contributed by atoms with Crippen LogP contribution in [0.1, 0.15) is 30.6 Å². The molecule has 1 rings (SSSR count). The molecule has 0 bridgehead atoms. The summed E-state index contributed by atoms with van der Waals surface area (Å²) < 4.78 is 26.1. The Hall–Kier alpha value is -1.65. The Kier molecular flexibility index (Phi) is 3.82. The lowest BCUT2D eigenvalue weighted by atomic mass is 10.1. The van der Waals surface area contributed by atoms with Crippen LogP contribution in [0.5, 0.6) is 0 Å². The average Bonchev–Trinajstić information content (AvgIpc) is 2.24. The molecule has 0 aromatic heterocycles. The maximum atomic E-state index is 13.1. The molecule has 1 unspecified atom stereocenters. The minimum absolute atomic E-state index is 0.0452. The predicted molar refractivity (Wildman–Crippen MR) is 58.0 cm³/mol. The topological polar surface area (TPSA) is 55.1 Å². The fourth-order valence-electron chi connectivity index (χ4n) is 1.12. The van der Waals surface area contributed by atoms with Crippen LogP contribution in [-0.2, 0) is 0 Å². The minimum atomic E-state index is -0.922. The Balaban J connectivity index is 2.93. The van der Waals surface area contributed by atoms with Gasteiger partial charge >= 0.3 is 0 Å². The van der Waals surface area contributed by atoms with E-state index >= 15 is 0 Å². The number of anilines is 1. The third-order valence-electron chi connectivity index (χ3n) is 2.33. The van der Waals surface area contributed by atoms with Crippen molar-refractivity contribution in [1.29, 1.82) is 0 Å². The number of nitrogens with one attached hydrogen (secondary N) is 1. The van der Waals surface area contributed by atoms with Crippen molar-refractivity contribution < 1.29 is 13.6 Å². The maximum Gasteiger partial charge on any atom is 0.251 e. The number of rotatable bonds is 3. The zero-order valence-electron chi connectivity index (χ0n) is 9.18. The van der Waals surface area contributed by atoms with E-state index in [0.29, 0.717) is 0 Å². The van der Waals surface area contributed by atoms with Crippen LogP contribution >= 0.6 is 0 Å². The Morgan fingerprint density at radius 2 is 1.94 bits per heavy atom. The minimum Gasteiger partial charge on any atom is -0.394 e. The molecule has 0 heterocycles. The van der Waals surface area contributed by atoms with E-state index in [0.717, 1.165) is 18.6 Å². The maximum absolute atomic E-state index is 13.1. The van der Waals surface area contributed by atoms with Crippen molar-refractivity contribution in [2.45, 2.75) is 26.3 Å². The number of nitrogen functional groups attached to an aromatic ring is 1. The van der Waals surface area contributed by atoms with Crippen molar-refractivity contribution in [2.24, 2.45) is 0 Å². The van der Waals surface area contributed by atoms with Gasteiger partial charge < -0.3 is 11.1 Å². The van der Waals surface area contributed by atoms with Crippen LogP contribution < -0.4 is 11.1 Å². The van der Waals surface area contributed by atoms with Crippen molar-refractivity contribution in [3.63, 3.8) is 0 Å². The van der Waals surface area contributed by atoms with Gasteiger partial charge in [-0.1, -0.05) is 6.92 Å². The summed E-state index contributed by atoms with van der Waals surface area (Å²) in [6.07, 6.45) is 0.742. The molecular weight excluding hydrogens is 214 g/mol. The number of halogens is 2. The predicted octanol–water partition coefficient (Wildman–Crippen LogP) is 2.08. The molecular formula is C11H14F2N2O. The molecule has 3 nitrogen and oxygen atoms in total. The number of carbonyl (C=O) groups excluding carboxylic acids is 1. The molecule has 5 heteroatoms. The Labute approximate surface area is 92.6 Å². The molecule has 0 fully saturated rings. The lowest BCUT2D eigenvalue weighted by Gasteiger charge is -2.11. The first kappa shape index (κ1) is 12.4. The second-order valence-corrected chi connectivity index (χ2v) is 3.64. The van der Waals surface area contributed by atoms with Crippen LogP contribution in [0, 0.1) is 11.6 Å². The van der Waals surface area contributed by atoms with Crippen molar-refractivity contribution in [2.75, 3.05) is 5.73 Å². The standard InChI is InChI=1S/C11H14F2N2O/c1-3-6(2)15-11(16)7-4-8(12)10(14)9(13)5-7/h4-6H,3,14H2,1-2H3,(H,15,16). The van der Waals surface area contributed by atoms with Gasteiger partial charge in [0.05, 0.1) is 0 Å². The van der Waals surface area contributed by atoms with Gasteiger partial charge in [0.15, 0.2) is 0 Å². The Bertz CT molecular complexity index is 384. The fourth-order valence-corrected chi connectivity index (χ4v) is 1.12. The first-order chi connectivity index (χ1) is 7.45. The lowest BCUT2D eigenvalue weighted by molar-refractivity contribution is 0.0938. The Morgan fingerprint density at radius 1 is 1.44 bits per heavy atom. The quantitative estimate of drug-likeness (QED) is 0.778. The van der Waals surface area contributed by atoms with Crippen LogP contribution in [0.15, 0.2) is 12.1 Å². The first-order valence-electron chi connectivity index (χ1n) is 5.01. The summed E-state index contributed by atoms with van der Waals surface area (Å²) in [5.74, 6) is -2.35. The number of hydrogen-bond acceptors (Lipinski definition) is 2. The van der Waals surface area contributed by atoms with Crippen LogP contribution in [0.2, 0.25) is 0 Å². The fraction of sp³-hybridized carbons (Fsp3) is 0.364. The molecule has 0 aliphatic heterocycles. The summed E-state index contributed by atoms with van der Waals surface area (Å²) in [4.78, 5) is 11.5. The SMILES string of the molecule is CCC(C)NC(=O)c1cc(F)c(N)c(F)c1. The molecule has 16 heavy (non-hydrogen) atoms. The Morgan fingerprint density at radius 3 is 2.38 bits per heavy atom. The monoisotopic (exact) mass is 228 g/mol. The highest BCUT2D eigenvalue weighted by molar-refractivity contribution is 5.94. The largest absolute Gasteiger partial charge is 0.394 e.